The molecule has 0 spiro atoms. The standard InChI is InChI=1S/C35H33N5O6/c1-20(9-10-22-7-5-4-6-8-22)46-31-16-24(12-14-30(31)45-3)40-21(2)25-13-11-23(15-26(25)35(40)44)19-39-33(42)27-17-29(32(41)38-36)37-18-28(27)34(39)43/h4-8,11-18,20-21,36,42-43H,9-10,19H2,1-3H3. The van der Waals surface area contributed by atoms with Crippen molar-refractivity contribution in [1.29, 1.82) is 5.53 Å². The quantitative estimate of drug-likeness (QED) is 0.146. The minimum Gasteiger partial charge on any atom is -0.494 e. The second-order valence-corrected chi connectivity index (χ2v) is 11.3. The number of carbonyl (C=O) groups excluding carboxylic acids is 2. The molecule has 0 radical (unpaired) electrons. The number of hydrogen-bond donors (Lipinski definition) is 3. The molecule has 2 amide bonds. The molecule has 2 atom stereocenters. The number of aryl methyl sites for hydroxylation is 1. The van der Waals surface area contributed by atoms with Crippen molar-refractivity contribution in [3.05, 3.63) is 107 Å². The van der Waals surface area contributed by atoms with Crippen molar-refractivity contribution in [3.63, 3.8) is 0 Å². The Balaban J connectivity index is 1.23. The van der Waals surface area contributed by atoms with E-state index in [9.17, 15) is 19.8 Å². The van der Waals surface area contributed by atoms with Gasteiger partial charge in [0, 0.05) is 23.5 Å². The van der Waals surface area contributed by atoms with Crippen molar-refractivity contribution < 1.29 is 29.3 Å². The summed E-state index contributed by atoms with van der Waals surface area (Å²) in [6.07, 6.45) is 2.84. The van der Waals surface area contributed by atoms with Gasteiger partial charge in [-0.1, -0.05) is 42.5 Å². The van der Waals surface area contributed by atoms with Crippen LogP contribution in [0.15, 0.2) is 84.1 Å². The highest BCUT2D eigenvalue weighted by Crippen LogP contribution is 2.42. The van der Waals surface area contributed by atoms with Crippen molar-refractivity contribution >= 4 is 28.3 Å². The molecule has 46 heavy (non-hydrogen) atoms. The first-order valence-electron chi connectivity index (χ1n) is 14.9. The zero-order valence-corrected chi connectivity index (χ0v) is 25.6. The largest absolute Gasteiger partial charge is 0.494 e. The van der Waals surface area contributed by atoms with Crippen LogP contribution in [0.5, 0.6) is 23.3 Å². The molecule has 11 nitrogen and oxygen atoms in total. The van der Waals surface area contributed by atoms with Crippen molar-refractivity contribution in [2.24, 2.45) is 5.11 Å². The summed E-state index contributed by atoms with van der Waals surface area (Å²) in [5.41, 5.74) is 10.8. The molecule has 3 aromatic carbocycles. The molecule has 5 aromatic rings. The van der Waals surface area contributed by atoms with E-state index in [1.54, 1.807) is 24.1 Å². The molecule has 0 aliphatic carbocycles. The van der Waals surface area contributed by atoms with Gasteiger partial charge in [0.15, 0.2) is 11.5 Å². The van der Waals surface area contributed by atoms with Gasteiger partial charge in [-0.25, -0.2) is 5.53 Å². The molecule has 2 unspecified atom stereocenters. The number of rotatable bonds is 10. The normalized spacial score (nSPS) is 14.7. The Morgan fingerprint density at radius 3 is 2.50 bits per heavy atom. The highest BCUT2D eigenvalue weighted by Gasteiger charge is 2.35. The summed E-state index contributed by atoms with van der Waals surface area (Å²) >= 11 is 0. The Labute approximate surface area is 265 Å². The van der Waals surface area contributed by atoms with Gasteiger partial charge in [-0.3, -0.25) is 19.1 Å². The maximum absolute atomic E-state index is 13.8. The van der Waals surface area contributed by atoms with Gasteiger partial charge in [0.1, 0.15) is 5.69 Å². The van der Waals surface area contributed by atoms with E-state index in [-0.39, 0.29) is 52.8 Å². The minimum absolute atomic E-state index is 0.0504. The molecule has 1 aliphatic rings. The third-order valence-electron chi connectivity index (χ3n) is 8.40. The Morgan fingerprint density at radius 1 is 1.00 bits per heavy atom. The molecular weight excluding hydrogens is 586 g/mol. The molecule has 1 aliphatic heterocycles. The van der Waals surface area contributed by atoms with Gasteiger partial charge >= 0.3 is 5.91 Å². The monoisotopic (exact) mass is 619 g/mol. The maximum atomic E-state index is 13.8. The van der Waals surface area contributed by atoms with Gasteiger partial charge in [0.05, 0.1) is 36.6 Å². The predicted molar refractivity (Wildman–Crippen MR) is 171 cm³/mol. The zero-order valence-electron chi connectivity index (χ0n) is 25.6. The lowest BCUT2D eigenvalue weighted by molar-refractivity contribution is 0.0981. The number of amides is 2. The third-order valence-corrected chi connectivity index (χ3v) is 8.40. The van der Waals surface area contributed by atoms with E-state index in [0.717, 1.165) is 18.4 Å². The summed E-state index contributed by atoms with van der Waals surface area (Å²) in [4.78, 5) is 31.3. The van der Waals surface area contributed by atoms with Crippen LogP contribution in [0.4, 0.5) is 5.69 Å². The van der Waals surface area contributed by atoms with Crippen molar-refractivity contribution in [2.75, 3.05) is 12.0 Å². The molecule has 0 fully saturated rings. The van der Waals surface area contributed by atoms with Crippen LogP contribution in [0.25, 0.3) is 10.8 Å². The van der Waals surface area contributed by atoms with Crippen LogP contribution in [0.1, 0.15) is 63.8 Å². The van der Waals surface area contributed by atoms with Crippen LogP contribution in [-0.2, 0) is 13.0 Å². The Hall–Kier alpha value is -5.71. The fourth-order valence-electron chi connectivity index (χ4n) is 5.95. The number of ether oxygens (including phenoxy) is 2. The molecule has 3 heterocycles. The van der Waals surface area contributed by atoms with Crippen LogP contribution in [0.3, 0.4) is 0 Å². The van der Waals surface area contributed by atoms with E-state index in [1.165, 1.54) is 22.4 Å². The lowest BCUT2D eigenvalue weighted by Crippen LogP contribution is -2.26. The molecule has 11 heteroatoms. The van der Waals surface area contributed by atoms with Crippen LogP contribution in [-0.4, -0.2) is 44.8 Å². The van der Waals surface area contributed by atoms with Gasteiger partial charge < -0.3 is 24.6 Å². The van der Waals surface area contributed by atoms with Crippen molar-refractivity contribution in [3.8, 4) is 23.3 Å². The smallest absolute Gasteiger partial charge is 0.313 e. The van der Waals surface area contributed by atoms with Crippen LogP contribution >= 0.6 is 0 Å². The number of nitrogens with one attached hydrogen (secondary N) is 1. The summed E-state index contributed by atoms with van der Waals surface area (Å²) in [6, 6.07) is 22.2. The first kappa shape index (κ1) is 30.3. The topological polar surface area (TPSA) is 150 Å². The van der Waals surface area contributed by atoms with E-state index in [1.807, 2.05) is 56.3 Å². The van der Waals surface area contributed by atoms with Crippen LogP contribution < -0.4 is 14.4 Å². The van der Waals surface area contributed by atoms with Gasteiger partial charge in [-0.05, 0) is 67.6 Å². The number of nitrogens with zero attached hydrogens (tertiary/aromatic N) is 4. The maximum Gasteiger partial charge on any atom is 0.313 e. The van der Waals surface area contributed by atoms with Gasteiger partial charge in [-0.2, -0.15) is 0 Å². The van der Waals surface area contributed by atoms with E-state index in [0.29, 0.717) is 28.3 Å². The fraction of sp³-hybridized carbons (Fsp3) is 0.229. The zero-order chi connectivity index (χ0) is 32.5. The number of aromatic nitrogens is 2. The number of hydrogen-bond acceptors (Lipinski definition) is 8. The van der Waals surface area contributed by atoms with Crippen molar-refractivity contribution in [1.82, 2.24) is 9.55 Å². The number of anilines is 1. The SMILES string of the molecule is COc1ccc(N2C(=O)c3cc(Cn4c(O)c5cnc(C(=O)N=N)cc5c4O)ccc3C2C)cc1OC(C)CCc1ccccc1. The molecular formula is C35H33N5O6. The lowest BCUT2D eigenvalue weighted by atomic mass is 10.0. The first-order valence-corrected chi connectivity index (χ1v) is 14.9. The summed E-state index contributed by atoms with van der Waals surface area (Å²) in [5, 5.41) is 25.0. The molecule has 0 bridgehead atoms. The van der Waals surface area contributed by atoms with Gasteiger partial charge in [-0.15, -0.1) is 5.11 Å². The van der Waals surface area contributed by atoms with E-state index in [2.05, 4.69) is 22.2 Å². The number of benzene rings is 3. The highest BCUT2D eigenvalue weighted by atomic mass is 16.5. The number of carbonyl (C=O) groups is 2. The molecule has 0 saturated carbocycles. The second kappa shape index (κ2) is 12.4. The van der Waals surface area contributed by atoms with Crippen molar-refractivity contribution in [2.45, 2.75) is 45.4 Å². The Morgan fingerprint density at radius 2 is 1.76 bits per heavy atom. The summed E-state index contributed by atoms with van der Waals surface area (Å²) < 4.78 is 13.2. The van der Waals surface area contributed by atoms with Crippen LogP contribution in [0.2, 0.25) is 0 Å². The summed E-state index contributed by atoms with van der Waals surface area (Å²) in [6.45, 7) is 4.03. The number of pyridine rings is 1. The van der Waals surface area contributed by atoms with E-state index in [4.69, 9.17) is 15.0 Å². The lowest BCUT2D eigenvalue weighted by Gasteiger charge is -2.24. The highest BCUT2D eigenvalue weighted by molar-refractivity contribution is 6.11. The second-order valence-electron chi connectivity index (χ2n) is 11.3. The molecule has 6 rings (SSSR count). The molecule has 234 valence electrons. The third kappa shape index (κ3) is 5.51. The summed E-state index contributed by atoms with van der Waals surface area (Å²) in [5.74, 6) is -0.438. The van der Waals surface area contributed by atoms with Crippen LogP contribution in [0, 0.1) is 5.53 Å². The number of methoxy groups -OCH3 is 1. The Bertz CT molecular complexity index is 1970. The van der Waals surface area contributed by atoms with E-state index >= 15 is 0 Å². The average Bonchev–Trinajstić information content (AvgIpc) is 3.46. The average molecular weight is 620 g/mol. The molecule has 0 saturated heterocycles. The number of aromatic hydroxyl groups is 2. The number of fused-ring (bicyclic) bond motifs is 2. The van der Waals surface area contributed by atoms with Gasteiger partial charge in [0.25, 0.3) is 5.91 Å². The first-order chi connectivity index (χ1) is 22.2. The predicted octanol–water partition coefficient (Wildman–Crippen LogP) is 6.80. The fourth-order valence-corrected chi connectivity index (χ4v) is 5.95. The van der Waals surface area contributed by atoms with E-state index < -0.39 is 5.91 Å². The van der Waals surface area contributed by atoms with Gasteiger partial charge in [0.2, 0.25) is 11.8 Å². The molecule has 2 aromatic heterocycles. The summed E-state index contributed by atoms with van der Waals surface area (Å²) in [7, 11) is 1.59. The molecule has 3 N–H and O–H groups in total. The minimum atomic E-state index is -0.863. The Kier molecular flexibility index (Phi) is 8.14.